The Morgan fingerprint density at radius 3 is 2.57 bits per heavy atom. The zero-order chi connectivity index (χ0) is 20.1. The Morgan fingerprint density at radius 1 is 1.14 bits per heavy atom. The fourth-order valence-corrected chi connectivity index (χ4v) is 2.92. The monoisotopic (exact) mass is 381 g/mol. The largest absolute Gasteiger partial charge is 0.497 e. The van der Waals surface area contributed by atoms with Gasteiger partial charge in [-0.1, -0.05) is 18.2 Å². The van der Waals surface area contributed by atoms with Crippen molar-refractivity contribution in [2.75, 3.05) is 19.0 Å². The molecule has 0 unspecified atom stereocenters. The molecule has 8 heteroatoms. The normalized spacial score (nSPS) is 10.6. The number of anilines is 1. The van der Waals surface area contributed by atoms with Crippen molar-refractivity contribution in [3.63, 3.8) is 0 Å². The molecule has 144 valence electrons. The molecule has 1 aromatic heterocycles. The third kappa shape index (κ3) is 4.35. The Bertz CT molecular complexity index is 1070. The van der Waals surface area contributed by atoms with Gasteiger partial charge < -0.3 is 14.6 Å². The van der Waals surface area contributed by atoms with Crippen LogP contribution in [0, 0.1) is 10.1 Å². The van der Waals surface area contributed by atoms with Gasteiger partial charge in [0.25, 0.3) is 5.56 Å². The summed E-state index contributed by atoms with van der Waals surface area (Å²) in [4.78, 5) is 35.0. The van der Waals surface area contributed by atoms with Gasteiger partial charge in [-0.2, -0.15) is 0 Å². The number of nitrogens with zero attached hydrogens (tertiary/aromatic N) is 2. The van der Waals surface area contributed by atoms with Gasteiger partial charge in [0.05, 0.1) is 20.1 Å². The second kappa shape index (κ2) is 8.34. The van der Waals surface area contributed by atoms with Crippen LogP contribution in [0.1, 0.15) is 5.56 Å². The van der Waals surface area contributed by atoms with Gasteiger partial charge in [-0.15, -0.1) is 0 Å². The van der Waals surface area contributed by atoms with E-state index in [1.807, 2.05) is 12.1 Å². The number of nitro groups is 1. The number of nitrogens with one attached hydrogen (secondary N) is 1. The van der Waals surface area contributed by atoms with Gasteiger partial charge in [0, 0.05) is 27.6 Å². The number of fused-ring (bicyclic) bond motifs is 1. The Labute approximate surface area is 160 Å². The van der Waals surface area contributed by atoms with Crippen LogP contribution in [0.5, 0.6) is 5.75 Å². The van der Waals surface area contributed by atoms with Crippen LogP contribution in [0.15, 0.2) is 59.5 Å². The van der Waals surface area contributed by atoms with E-state index in [2.05, 4.69) is 5.32 Å². The smallest absolute Gasteiger partial charge is 0.258 e. The van der Waals surface area contributed by atoms with Crippen LogP contribution in [0.4, 0.5) is 5.69 Å². The summed E-state index contributed by atoms with van der Waals surface area (Å²) in [5.74, 6) is 0.502. The number of hydrogen-bond acceptors (Lipinski definition) is 5. The van der Waals surface area contributed by atoms with Gasteiger partial charge in [-0.05, 0) is 35.9 Å². The average Bonchev–Trinajstić information content (AvgIpc) is 2.68. The highest BCUT2D eigenvalue weighted by Gasteiger charge is 2.11. The molecular weight excluding hydrogens is 362 g/mol. The number of carbonyl (C=O) groups excluding carboxylic acids is 1. The highest BCUT2D eigenvalue weighted by Crippen LogP contribution is 2.21. The van der Waals surface area contributed by atoms with Crippen molar-refractivity contribution in [2.45, 2.75) is 13.0 Å². The molecule has 0 aliphatic heterocycles. The number of methoxy groups -OCH3 is 1. The Balaban J connectivity index is 1.80. The molecule has 0 aliphatic carbocycles. The lowest BCUT2D eigenvalue weighted by atomic mass is 10.1. The molecule has 28 heavy (non-hydrogen) atoms. The van der Waals surface area contributed by atoms with E-state index in [4.69, 9.17) is 4.74 Å². The molecule has 3 rings (SSSR count). The minimum Gasteiger partial charge on any atom is -0.497 e. The molecule has 0 radical (unpaired) electrons. The molecule has 3 aromatic rings. The first-order valence-electron chi connectivity index (χ1n) is 8.64. The molecule has 0 saturated heterocycles. The van der Waals surface area contributed by atoms with Crippen molar-refractivity contribution in [3.8, 4) is 5.75 Å². The second-order valence-corrected chi connectivity index (χ2v) is 6.21. The Hall–Kier alpha value is -3.68. The number of ether oxygens (including phenoxy) is 1. The summed E-state index contributed by atoms with van der Waals surface area (Å²) in [7, 11) is 1.58. The van der Waals surface area contributed by atoms with Crippen LogP contribution in [0.25, 0.3) is 10.8 Å². The van der Waals surface area contributed by atoms with E-state index < -0.39 is 4.92 Å². The summed E-state index contributed by atoms with van der Waals surface area (Å²) in [6.45, 7) is -0.334. The first kappa shape index (κ1) is 19.1. The van der Waals surface area contributed by atoms with Gasteiger partial charge in [0.1, 0.15) is 5.75 Å². The zero-order valence-corrected chi connectivity index (χ0v) is 15.3. The number of benzene rings is 2. The molecule has 0 atom stereocenters. The predicted octanol–water partition coefficient (Wildman–Crippen LogP) is 2.47. The average molecular weight is 381 g/mol. The molecule has 1 amide bonds. The third-order valence-electron chi connectivity index (χ3n) is 4.34. The molecular formula is C20H19N3O5. The number of pyridine rings is 1. The lowest BCUT2D eigenvalue weighted by Crippen LogP contribution is -2.23. The first-order valence-corrected chi connectivity index (χ1v) is 8.64. The summed E-state index contributed by atoms with van der Waals surface area (Å²) in [5, 5.41) is 14.4. The number of aromatic nitrogens is 1. The van der Waals surface area contributed by atoms with Gasteiger partial charge >= 0.3 is 0 Å². The van der Waals surface area contributed by atoms with E-state index in [-0.39, 0.29) is 31.0 Å². The molecule has 0 saturated carbocycles. The van der Waals surface area contributed by atoms with Crippen LogP contribution < -0.4 is 15.6 Å². The maximum absolute atomic E-state index is 12.5. The van der Waals surface area contributed by atoms with Crippen LogP contribution in [0.3, 0.4) is 0 Å². The van der Waals surface area contributed by atoms with Crippen molar-refractivity contribution in [2.24, 2.45) is 0 Å². The zero-order valence-electron chi connectivity index (χ0n) is 15.3. The minimum absolute atomic E-state index is 0.00414. The van der Waals surface area contributed by atoms with E-state index in [1.54, 1.807) is 43.5 Å². The number of amides is 1. The summed E-state index contributed by atoms with van der Waals surface area (Å²) >= 11 is 0. The maximum Gasteiger partial charge on any atom is 0.258 e. The maximum atomic E-state index is 12.5. The highest BCUT2D eigenvalue weighted by atomic mass is 16.6. The van der Waals surface area contributed by atoms with Gasteiger partial charge in [0.2, 0.25) is 12.5 Å². The fourth-order valence-electron chi connectivity index (χ4n) is 2.92. The van der Waals surface area contributed by atoms with Crippen molar-refractivity contribution >= 4 is 22.4 Å². The number of rotatable bonds is 7. The molecule has 0 bridgehead atoms. The Kier molecular flexibility index (Phi) is 5.69. The van der Waals surface area contributed by atoms with E-state index in [0.29, 0.717) is 22.2 Å². The summed E-state index contributed by atoms with van der Waals surface area (Å²) in [5.41, 5.74) is 1.03. The molecule has 8 nitrogen and oxygen atoms in total. The molecule has 0 spiro atoms. The van der Waals surface area contributed by atoms with E-state index in [9.17, 15) is 19.7 Å². The quantitative estimate of drug-likeness (QED) is 0.500. The summed E-state index contributed by atoms with van der Waals surface area (Å²) < 4.78 is 6.40. The molecule has 2 aromatic carbocycles. The fraction of sp³-hybridized carbons (Fsp3) is 0.200. The van der Waals surface area contributed by atoms with Crippen LogP contribution in [-0.4, -0.2) is 29.1 Å². The molecule has 0 aliphatic rings. The predicted molar refractivity (Wildman–Crippen MR) is 105 cm³/mol. The highest BCUT2D eigenvalue weighted by molar-refractivity contribution is 6.02. The SMILES string of the molecule is COc1ccc(CC(=O)Nc2cccc3c(=O)n(CC[N+](=O)[O-])ccc23)cc1. The van der Waals surface area contributed by atoms with E-state index in [0.717, 1.165) is 5.56 Å². The van der Waals surface area contributed by atoms with Gasteiger partial charge in [-0.3, -0.25) is 19.7 Å². The van der Waals surface area contributed by atoms with E-state index in [1.165, 1.54) is 10.8 Å². The van der Waals surface area contributed by atoms with Gasteiger partial charge in [0.15, 0.2) is 0 Å². The second-order valence-electron chi connectivity index (χ2n) is 6.21. The van der Waals surface area contributed by atoms with Crippen molar-refractivity contribution in [1.29, 1.82) is 0 Å². The van der Waals surface area contributed by atoms with Crippen LogP contribution >= 0.6 is 0 Å². The standard InChI is InChI=1S/C20H19N3O5/c1-28-15-7-5-14(6-8-15)13-19(24)21-18-4-2-3-17-16(18)9-10-22(20(17)25)11-12-23(26)27/h2-10H,11-13H2,1H3,(H,21,24). The van der Waals surface area contributed by atoms with E-state index >= 15 is 0 Å². The number of hydrogen-bond donors (Lipinski definition) is 1. The summed E-state index contributed by atoms with van der Waals surface area (Å²) in [6, 6.07) is 13.9. The topological polar surface area (TPSA) is 103 Å². The molecule has 0 fully saturated rings. The number of carbonyl (C=O) groups is 1. The minimum atomic E-state index is -0.466. The first-order chi connectivity index (χ1) is 13.5. The Morgan fingerprint density at radius 2 is 1.89 bits per heavy atom. The van der Waals surface area contributed by atoms with Crippen molar-refractivity contribution in [3.05, 3.63) is 80.8 Å². The van der Waals surface area contributed by atoms with Crippen molar-refractivity contribution < 1.29 is 14.5 Å². The summed E-state index contributed by atoms with van der Waals surface area (Å²) in [6.07, 6.45) is 1.69. The lowest BCUT2D eigenvalue weighted by Gasteiger charge is -2.11. The van der Waals surface area contributed by atoms with Crippen LogP contribution in [0.2, 0.25) is 0 Å². The third-order valence-corrected chi connectivity index (χ3v) is 4.34. The van der Waals surface area contributed by atoms with Crippen LogP contribution in [-0.2, 0) is 17.8 Å². The van der Waals surface area contributed by atoms with Crippen molar-refractivity contribution in [1.82, 2.24) is 4.57 Å². The lowest BCUT2D eigenvalue weighted by molar-refractivity contribution is -0.481. The molecule has 1 N–H and O–H groups in total. The molecule has 1 heterocycles. The van der Waals surface area contributed by atoms with Gasteiger partial charge in [-0.25, -0.2) is 0 Å².